The quantitative estimate of drug-likeness (QED) is 0.558. The summed E-state index contributed by atoms with van der Waals surface area (Å²) in [5, 5.41) is 7.82. The number of halogens is 1. The minimum atomic E-state index is -0.227. The highest BCUT2D eigenvalue weighted by Gasteiger charge is 2.40. The number of nitrogens with zero attached hydrogens (tertiary/aromatic N) is 2. The Labute approximate surface area is 163 Å². The average Bonchev–Trinajstić information content (AvgIpc) is 3.14. The molecule has 0 saturated heterocycles. The van der Waals surface area contributed by atoms with Crippen molar-refractivity contribution >= 4 is 17.3 Å². The van der Waals surface area contributed by atoms with E-state index in [4.69, 9.17) is 21.4 Å². The average molecular weight is 375 g/mol. The molecule has 2 aliphatic rings. The van der Waals surface area contributed by atoms with Crippen LogP contribution in [0.5, 0.6) is 5.75 Å². The first-order valence-electron chi connectivity index (χ1n) is 9.13. The zero-order chi connectivity index (χ0) is 18.4. The van der Waals surface area contributed by atoms with Crippen LogP contribution in [0.15, 0.2) is 77.9 Å². The molecule has 3 aromatic rings. The molecule has 0 aliphatic carbocycles. The first-order valence-corrected chi connectivity index (χ1v) is 9.51. The van der Waals surface area contributed by atoms with E-state index in [1.807, 2.05) is 36.4 Å². The molecule has 0 amide bonds. The van der Waals surface area contributed by atoms with Gasteiger partial charge in [-0.25, -0.2) is 5.01 Å². The fraction of sp³-hybridized carbons (Fsp3) is 0.174. The van der Waals surface area contributed by atoms with Gasteiger partial charge in [0.25, 0.3) is 0 Å². The van der Waals surface area contributed by atoms with Gasteiger partial charge in [-0.2, -0.15) is 5.10 Å². The summed E-state index contributed by atoms with van der Waals surface area (Å²) in [6, 6.07) is 24.8. The van der Waals surface area contributed by atoms with Crippen LogP contribution in [0.25, 0.3) is 0 Å². The van der Waals surface area contributed by atoms with E-state index < -0.39 is 0 Å². The summed E-state index contributed by atoms with van der Waals surface area (Å²) >= 11 is 6.05. The molecule has 3 aromatic carbocycles. The molecule has 4 heteroatoms. The number of hydrazone groups is 1. The van der Waals surface area contributed by atoms with Crippen molar-refractivity contribution in [3.05, 3.63) is 100 Å². The van der Waals surface area contributed by atoms with Gasteiger partial charge in [-0.1, -0.05) is 71.8 Å². The number of rotatable bonds is 2. The number of benzene rings is 3. The molecule has 2 heterocycles. The Balaban J connectivity index is 1.58. The summed E-state index contributed by atoms with van der Waals surface area (Å²) in [4.78, 5) is 0. The molecular weight excluding hydrogens is 356 g/mol. The van der Waals surface area contributed by atoms with Crippen LogP contribution in [-0.2, 0) is 0 Å². The maximum atomic E-state index is 6.37. The maximum Gasteiger partial charge on any atom is 0.213 e. The second-order valence-electron chi connectivity index (χ2n) is 7.07. The highest BCUT2D eigenvalue weighted by atomic mass is 35.5. The van der Waals surface area contributed by atoms with Gasteiger partial charge in [0.2, 0.25) is 6.23 Å². The lowest BCUT2D eigenvalue weighted by Crippen LogP contribution is -2.33. The minimum Gasteiger partial charge on any atom is -0.464 e. The van der Waals surface area contributed by atoms with Crippen molar-refractivity contribution in [2.24, 2.45) is 5.10 Å². The van der Waals surface area contributed by atoms with Crippen LogP contribution in [0.3, 0.4) is 0 Å². The van der Waals surface area contributed by atoms with E-state index in [9.17, 15) is 0 Å². The van der Waals surface area contributed by atoms with Crippen LogP contribution >= 0.6 is 11.6 Å². The van der Waals surface area contributed by atoms with Crippen LogP contribution in [0.1, 0.15) is 40.9 Å². The van der Waals surface area contributed by atoms with Gasteiger partial charge < -0.3 is 4.74 Å². The number of fused-ring (bicyclic) bond motifs is 3. The van der Waals surface area contributed by atoms with E-state index >= 15 is 0 Å². The SMILES string of the molecule is Cc1ccc([C@H]2Oc3ccccc3[C@@H]3CC(c4ccc(Cl)cc4)=NN23)cc1. The summed E-state index contributed by atoms with van der Waals surface area (Å²) < 4.78 is 6.37. The molecular formula is C23H19ClN2O. The van der Waals surface area contributed by atoms with Crippen molar-refractivity contribution in [3.8, 4) is 5.75 Å². The summed E-state index contributed by atoms with van der Waals surface area (Å²) in [5.41, 5.74) is 5.70. The highest BCUT2D eigenvalue weighted by molar-refractivity contribution is 6.30. The molecule has 0 saturated carbocycles. The molecule has 0 spiro atoms. The Kier molecular flexibility index (Phi) is 3.91. The Hall–Kier alpha value is -2.78. The second kappa shape index (κ2) is 6.43. The van der Waals surface area contributed by atoms with Crippen molar-refractivity contribution in [1.29, 1.82) is 0 Å². The normalized spacial score (nSPS) is 20.5. The molecule has 0 bridgehead atoms. The Morgan fingerprint density at radius 1 is 0.963 bits per heavy atom. The largest absolute Gasteiger partial charge is 0.464 e. The fourth-order valence-corrected chi connectivity index (χ4v) is 3.93. The van der Waals surface area contributed by atoms with Gasteiger partial charge in [-0.3, -0.25) is 0 Å². The fourth-order valence-electron chi connectivity index (χ4n) is 3.80. The Morgan fingerprint density at radius 2 is 1.70 bits per heavy atom. The van der Waals surface area contributed by atoms with E-state index in [0.717, 1.165) is 34.0 Å². The first-order chi connectivity index (χ1) is 13.2. The lowest BCUT2D eigenvalue weighted by Gasteiger charge is -2.38. The van der Waals surface area contributed by atoms with Gasteiger partial charge in [0.15, 0.2) is 0 Å². The van der Waals surface area contributed by atoms with E-state index in [-0.39, 0.29) is 12.3 Å². The predicted octanol–water partition coefficient (Wildman–Crippen LogP) is 5.89. The van der Waals surface area contributed by atoms with Crippen molar-refractivity contribution in [2.75, 3.05) is 0 Å². The lowest BCUT2D eigenvalue weighted by molar-refractivity contribution is -0.0190. The van der Waals surface area contributed by atoms with Crippen LogP contribution in [-0.4, -0.2) is 10.7 Å². The molecule has 3 nitrogen and oxygen atoms in total. The first kappa shape index (κ1) is 16.4. The van der Waals surface area contributed by atoms with Crippen molar-refractivity contribution in [3.63, 3.8) is 0 Å². The summed E-state index contributed by atoms with van der Waals surface area (Å²) in [6.07, 6.45) is 0.625. The molecule has 0 radical (unpaired) electrons. The highest BCUT2D eigenvalue weighted by Crippen LogP contribution is 2.47. The molecule has 2 aliphatic heterocycles. The van der Waals surface area contributed by atoms with E-state index in [1.54, 1.807) is 0 Å². The molecule has 0 N–H and O–H groups in total. The van der Waals surface area contributed by atoms with Crippen LogP contribution in [0.2, 0.25) is 5.02 Å². The molecule has 27 heavy (non-hydrogen) atoms. The lowest BCUT2D eigenvalue weighted by atomic mass is 9.96. The molecule has 0 fully saturated rings. The number of aryl methyl sites for hydroxylation is 1. The number of para-hydroxylation sites is 1. The number of ether oxygens (including phenoxy) is 1. The standard InChI is InChI=1S/C23H19ClN2O/c1-15-6-8-17(9-7-15)23-26-21(19-4-2-3-5-22(19)27-23)14-20(25-26)16-10-12-18(24)13-11-16/h2-13,21,23H,14H2,1H3/t21-,23+/m0/s1. The zero-order valence-electron chi connectivity index (χ0n) is 15.0. The third-order valence-corrected chi connectivity index (χ3v) is 5.49. The van der Waals surface area contributed by atoms with Crippen molar-refractivity contribution in [1.82, 2.24) is 5.01 Å². The molecule has 0 unspecified atom stereocenters. The van der Waals surface area contributed by atoms with Gasteiger partial charge in [-0.15, -0.1) is 0 Å². The zero-order valence-corrected chi connectivity index (χ0v) is 15.7. The van der Waals surface area contributed by atoms with E-state index in [0.29, 0.717) is 0 Å². The Bertz CT molecular complexity index is 1010. The molecule has 2 atom stereocenters. The van der Waals surface area contributed by atoms with Crippen LogP contribution < -0.4 is 4.74 Å². The molecule has 134 valence electrons. The molecule has 0 aromatic heterocycles. The third-order valence-electron chi connectivity index (χ3n) is 5.24. The summed E-state index contributed by atoms with van der Waals surface area (Å²) in [7, 11) is 0. The Morgan fingerprint density at radius 3 is 2.48 bits per heavy atom. The minimum absolute atomic E-state index is 0.173. The predicted molar refractivity (Wildman–Crippen MR) is 108 cm³/mol. The number of hydrogen-bond donors (Lipinski definition) is 0. The van der Waals surface area contributed by atoms with Gasteiger partial charge in [0.1, 0.15) is 5.75 Å². The van der Waals surface area contributed by atoms with Gasteiger partial charge in [0.05, 0.1) is 11.8 Å². The molecule has 5 rings (SSSR count). The van der Waals surface area contributed by atoms with Crippen molar-refractivity contribution < 1.29 is 4.74 Å². The van der Waals surface area contributed by atoms with Gasteiger partial charge >= 0.3 is 0 Å². The smallest absolute Gasteiger partial charge is 0.213 e. The van der Waals surface area contributed by atoms with E-state index in [1.165, 1.54) is 11.1 Å². The summed E-state index contributed by atoms with van der Waals surface area (Å²) in [5.74, 6) is 0.942. The van der Waals surface area contributed by atoms with Crippen LogP contribution in [0.4, 0.5) is 0 Å². The third kappa shape index (κ3) is 2.88. The monoisotopic (exact) mass is 374 g/mol. The van der Waals surface area contributed by atoms with Crippen molar-refractivity contribution in [2.45, 2.75) is 25.6 Å². The van der Waals surface area contributed by atoms with E-state index in [2.05, 4.69) is 48.3 Å². The maximum absolute atomic E-state index is 6.37. The van der Waals surface area contributed by atoms with Gasteiger partial charge in [0, 0.05) is 22.6 Å². The second-order valence-corrected chi connectivity index (χ2v) is 7.51. The van der Waals surface area contributed by atoms with Gasteiger partial charge in [-0.05, 0) is 30.7 Å². The number of hydrogen-bond acceptors (Lipinski definition) is 3. The summed E-state index contributed by atoms with van der Waals surface area (Å²) in [6.45, 7) is 2.09. The topological polar surface area (TPSA) is 24.8 Å². The van der Waals surface area contributed by atoms with Crippen LogP contribution in [0, 0.1) is 6.92 Å².